The van der Waals surface area contributed by atoms with E-state index in [0.717, 1.165) is 12.8 Å². The fourth-order valence-electron chi connectivity index (χ4n) is 2.41. The molecule has 1 aromatic rings. The summed E-state index contributed by atoms with van der Waals surface area (Å²) in [6, 6.07) is 4.73. The van der Waals surface area contributed by atoms with Crippen molar-refractivity contribution < 1.29 is 19.1 Å². The number of nitro benzene ring substituents is 1. The second kappa shape index (κ2) is 8.70. The summed E-state index contributed by atoms with van der Waals surface area (Å²) >= 11 is 0. The van der Waals surface area contributed by atoms with Gasteiger partial charge in [-0.1, -0.05) is 32.6 Å². The first-order valence-electron chi connectivity index (χ1n) is 7.86. The van der Waals surface area contributed by atoms with Crippen molar-refractivity contribution >= 4 is 5.69 Å². The number of nitro groups is 1. The Morgan fingerprint density at radius 1 is 1.23 bits per heavy atom. The summed E-state index contributed by atoms with van der Waals surface area (Å²) in [5.74, 6) is 0.621. The number of unbranched alkanes of at least 4 members (excludes halogenated alkanes) is 4. The summed E-state index contributed by atoms with van der Waals surface area (Å²) in [4.78, 5) is 10.7. The van der Waals surface area contributed by atoms with Gasteiger partial charge in [-0.25, -0.2) is 0 Å². The van der Waals surface area contributed by atoms with E-state index in [1.54, 1.807) is 12.1 Å². The maximum atomic E-state index is 11.1. The van der Waals surface area contributed by atoms with Gasteiger partial charge in [0.05, 0.1) is 30.3 Å². The van der Waals surface area contributed by atoms with Gasteiger partial charge in [0.1, 0.15) is 5.75 Å². The van der Waals surface area contributed by atoms with Crippen LogP contribution in [0.2, 0.25) is 0 Å². The smallest absolute Gasteiger partial charge is 0.277 e. The van der Waals surface area contributed by atoms with Crippen molar-refractivity contribution in [3.8, 4) is 5.75 Å². The lowest BCUT2D eigenvalue weighted by molar-refractivity contribution is -0.386. The first-order valence-corrected chi connectivity index (χ1v) is 7.86. The van der Waals surface area contributed by atoms with Crippen LogP contribution in [0.1, 0.15) is 50.9 Å². The predicted molar refractivity (Wildman–Crippen MR) is 82.0 cm³/mol. The van der Waals surface area contributed by atoms with Gasteiger partial charge in [0.2, 0.25) is 0 Å². The fraction of sp³-hybridized carbons (Fsp3) is 0.625. The second-order valence-corrected chi connectivity index (χ2v) is 5.31. The van der Waals surface area contributed by atoms with Gasteiger partial charge >= 0.3 is 0 Å². The van der Waals surface area contributed by atoms with Crippen LogP contribution in [0.5, 0.6) is 5.75 Å². The van der Waals surface area contributed by atoms with Crippen LogP contribution in [-0.2, 0) is 9.47 Å². The van der Waals surface area contributed by atoms with Crippen molar-refractivity contribution in [3.63, 3.8) is 0 Å². The molecule has 1 aliphatic rings. The van der Waals surface area contributed by atoms with Crippen LogP contribution in [0.4, 0.5) is 5.69 Å². The molecule has 0 unspecified atom stereocenters. The maximum Gasteiger partial charge on any atom is 0.277 e. The van der Waals surface area contributed by atoms with E-state index in [-0.39, 0.29) is 5.69 Å². The third-order valence-corrected chi connectivity index (χ3v) is 3.59. The SMILES string of the molecule is CCCCCCCOc1ccc([N+](=O)[O-])c(C2OCCO2)c1. The molecule has 0 saturated carbocycles. The minimum atomic E-state index is -0.673. The third-order valence-electron chi connectivity index (χ3n) is 3.59. The summed E-state index contributed by atoms with van der Waals surface area (Å²) in [7, 11) is 0. The van der Waals surface area contributed by atoms with Crippen LogP contribution in [0.3, 0.4) is 0 Å². The zero-order chi connectivity index (χ0) is 15.8. The van der Waals surface area contributed by atoms with E-state index in [4.69, 9.17) is 14.2 Å². The van der Waals surface area contributed by atoms with Gasteiger partial charge in [-0.05, 0) is 18.6 Å². The van der Waals surface area contributed by atoms with Gasteiger partial charge in [0.15, 0.2) is 6.29 Å². The Hall–Kier alpha value is -1.66. The Balaban J connectivity index is 1.94. The summed E-state index contributed by atoms with van der Waals surface area (Å²) in [5.41, 5.74) is 0.424. The van der Waals surface area contributed by atoms with Crippen molar-refractivity contribution in [2.24, 2.45) is 0 Å². The largest absolute Gasteiger partial charge is 0.494 e. The van der Waals surface area contributed by atoms with Gasteiger partial charge in [-0.15, -0.1) is 0 Å². The van der Waals surface area contributed by atoms with Crippen molar-refractivity contribution in [1.29, 1.82) is 0 Å². The average Bonchev–Trinajstić information content (AvgIpc) is 3.04. The first kappa shape index (κ1) is 16.7. The molecule has 0 bridgehead atoms. The normalized spacial score (nSPS) is 15.1. The van der Waals surface area contributed by atoms with Gasteiger partial charge in [0.25, 0.3) is 5.69 Å². The van der Waals surface area contributed by atoms with Crippen LogP contribution in [0.15, 0.2) is 18.2 Å². The van der Waals surface area contributed by atoms with Crippen LogP contribution >= 0.6 is 0 Å². The molecule has 0 radical (unpaired) electrons. The van der Waals surface area contributed by atoms with E-state index in [1.165, 1.54) is 25.3 Å². The Morgan fingerprint density at radius 2 is 1.95 bits per heavy atom. The highest BCUT2D eigenvalue weighted by Crippen LogP contribution is 2.33. The molecule has 1 heterocycles. The van der Waals surface area contributed by atoms with Crippen LogP contribution in [0.25, 0.3) is 0 Å². The molecule has 122 valence electrons. The molecule has 0 amide bonds. The molecule has 6 nitrogen and oxygen atoms in total. The van der Waals surface area contributed by atoms with E-state index >= 15 is 0 Å². The van der Waals surface area contributed by atoms with Crippen molar-refractivity contribution in [3.05, 3.63) is 33.9 Å². The highest BCUT2D eigenvalue weighted by molar-refractivity contribution is 5.46. The molecule has 22 heavy (non-hydrogen) atoms. The lowest BCUT2D eigenvalue weighted by Gasteiger charge is -2.12. The predicted octanol–water partition coefficient (Wildman–Crippen LogP) is 3.99. The molecule has 2 rings (SSSR count). The lowest BCUT2D eigenvalue weighted by atomic mass is 10.1. The number of hydrogen-bond donors (Lipinski definition) is 0. The van der Waals surface area contributed by atoms with Crippen molar-refractivity contribution in [2.75, 3.05) is 19.8 Å². The summed E-state index contributed by atoms with van der Waals surface area (Å²) < 4.78 is 16.4. The zero-order valence-corrected chi connectivity index (χ0v) is 13.0. The number of benzene rings is 1. The van der Waals surface area contributed by atoms with Crippen LogP contribution in [-0.4, -0.2) is 24.7 Å². The van der Waals surface area contributed by atoms with Gasteiger partial charge in [-0.3, -0.25) is 10.1 Å². The third kappa shape index (κ3) is 4.68. The maximum absolute atomic E-state index is 11.1. The number of ether oxygens (including phenoxy) is 3. The molecular formula is C16H23NO5. The highest BCUT2D eigenvalue weighted by Gasteiger charge is 2.27. The van der Waals surface area contributed by atoms with Gasteiger partial charge in [-0.2, -0.15) is 0 Å². The molecule has 6 heteroatoms. The Kier molecular flexibility index (Phi) is 6.61. The minimum Gasteiger partial charge on any atom is -0.494 e. The summed E-state index contributed by atoms with van der Waals surface area (Å²) in [5, 5.41) is 11.1. The van der Waals surface area contributed by atoms with Crippen LogP contribution < -0.4 is 4.74 Å². The zero-order valence-electron chi connectivity index (χ0n) is 13.0. The molecule has 1 saturated heterocycles. The molecule has 1 fully saturated rings. The van der Waals surface area contributed by atoms with E-state index in [9.17, 15) is 10.1 Å². The Morgan fingerprint density at radius 3 is 2.64 bits per heavy atom. The fourth-order valence-corrected chi connectivity index (χ4v) is 2.41. The average molecular weight is 309 g/mol. The molecule has 1 aromatic carbocycles. The number of rotatable bonds is 9. The monoisotopic (exact) mass is 309 g/mol. The van der Waals surface area contributed by atoms with E-state index in [2.05, 4.69) is 6.92 Å². The van der Waals surface area contributed by atoms with Crippen molar-refractivity contribution in [2.45, 2.75) is 45.3 Å². The van der Waals surface area contributed by atoms with Crippen molar-refractivity contribution in [1.82, 2.24) is 0 Å². The van der Waals surface area contributed by atoms with E-state index in [0.29, 0.717) is 31.1 Å². The van der Waals surface area contributed by atoms with Gasteiger partial charge < -0.3 is 14.2 Å². The summed E-state index contributed by atoms with van der Waals surface area (Å²) in [6.07, 6.45) is 5.14. The van der Waals surface area contributed by atoms with Gasteiger partial charge in [0, 0.05) is 6.07 Å². The number of hydrogen-bond acceptors (Lipinski definition) is 5. The second-order valence-electron chi connectivity index (χ2n) is 5.31. The molecule has 0 aliphatic carbocycles. The minimum absolute atomic E-state index is 0.00203. The molecule has 0 spiro atoms. The standard InChI is InChI=1S/C16H23NO5/c1-2-3-4-5-6-9-20-13-7-8-15(17(18)19)14(12-13)16-21-10-11-22-16/h7-8,12,16H,2-6,9-11H2,1H3. The number of nitrogens with zero attached hydrogens (tertiary/aromatic N) is 1. The van der Waals surface area contributed by atoms with E-state index in [1.807, 2.05) is 0 Å². The van der Waals surface area contributed by atoms with E-state index < -0.39 is 11.2 Å². The molecule has 0 N–H and O–H groups in total. The first-order chi connectivity index (χ1) is 10.7. The molecule has 0 atom stereocenters. The topological polar surface area (TPSA) is 70.8 Å². The van der Waals surface area contributed by atoms with Crippen LogP contribution in [0, 0.1) is 10.1 Å². The molecular weight excluding hydrogens is 286 g/mol. The highest BCUT2D eigenvalue weighted by atomic mass is 16.7. The Labute approximate surface area is 130 Å². The lowest BCUT2D eigenvalue weighted by Crippen LogP contribution is -2.05. The quantitative estimate of drug-likeness (QED) is 0.392. The molecule has 0 aromatic heterocycles. The molecule has 1 aliphatic heterocycles. The summed E-state index contributed by atoms with van der Waals surface area (Å²) in [6.45, 7) is 3.70. The Bertz CT molecular complexity index is 485.